The van der Waals surface area contributed by atoms with Gasteiger partial charge in [-0.2, -0.15) is 0 Å². The van der Waals surface area contributed by atoms with Crippen LogP contribution in [-0.2, 0) is 0 Å². The van der Waals surface area contributed by atoms with Crippen molar-refractivity contribution in [3.8, 4) is 0 Å². The highest BCUT2D eigenvalue weighted by atomic mass is 15.1. The summed E-state index contributed by atoms with van der Waals surface area (Å²) < 4.78 is 0. The van der Waals surface area contributed by atoms with Crippen molar-refractivity contribution in [2.75, 3.05) is 13.6 Å². The molecule has 0 aromatic heterocycles. The van der Waals surface area contributed by atoms with Crippen molar-refractivity contribution in [2.45, 2.75) is 52.5 Å². The first kappa shape index (κ1) is 15.2. The molecule has 0 heterocycles. The summed E-state index contributed by atoms with van der Waals surface area (Å²) in [6.07, 6.45) is 13.5. The normalized spacial score (nSPS) is 26.6. The fraction of sp³-hybridized carbons (Fsp3) is 0.688. The van der Waals surface area contributed by atoms with Gasteiger partial charge in [-0.05, 0) is 58.6 Å². The first-order chi connectivity index (χ1) is 8.67. The van der Waals surface area contributed by atoms with Crippen LogP contribution < -0.4 is 0 Å². The Morgan fingerprint density at radius 2 is 1.83 bits per heavy atom. The lowest BCUT2D eigenvalue weighted by Crippen LogP contribution is -2.37. The van der Waals surface area contributed by atoms with E-state index in [4.69, 9.17) is 0 Å². The summed E-state index contributed by atoms with van der Waals surface area (Å²) >= 11 is 0. The standard InChI is InChI=1S/C16H28N2/c1-5-7-15(17-12-6-2)13-18(4)16-10-8-14(3)9-11-16/h5-7,12,14,16H,8-11,13H2,1-4H3/b7-5-,12-6-,17-15+. The monoisotopic (exact) mass is 248 g/mol. The van der Waals surface area contributed by atoms with Crippen LogP contribution in [0.3, 0.4) is 0 Å². The second kappa shape index (κ2) is 8.25. The van der Waals surface area contributed by atoms with Crippen molar-refractivity contribution in [3.63, 3.8) is 0 Å². The van der Waals surface area contributed by atoms with E-state index >= 15 is 0 Å². The molecule has 1 fully saturated rings. The Bertz CT molecular complexity index is 307. The maximum absolute atomic E-state index is 4.49. The van der Waals surface area contributed by atoms with Crippen molar-refractivity contribution >= 4 is 5.71 Å². The van der Waals surface area contributed by atoms with Gasteiger partial charge in [-0.3, -0.25) is 9.89 Å². The van der Waals surface area contributed by atoms with E-state index in [2.05, 4.69) is 36.0 Å². The van der Waals surface area contributed by atoms with Crippen molar-refractivity contribution in [3.05, 3.63) is 24.4 Å². The molecule has 0 aromatic carbocycles. The molecule has 102 valence electrons. The van der Waals surface area contributed by atoms with Crippen molar-refractivity contribution < 1.29 is 0 Å². The van der Waals surface area contributed by atoms with Gasteiger partial charge < -0.3 is 0 Å². The maximum Gasteiger partial charge on any atom is 0.0540 e. The predicted molar refractivity (Wildman–Crippen MR) is 81.1 cm³/mol. The summed E-state index contributed by atoms with van der Waals surface area (Å²) in [5.74, 6) is 0.918. The largest absolute Gasteiger partial charge is 0.298 e. The van der Waals surface area contributed by atoms with Gasteiger partial charge >= 0.3 is 0 Å². The molecule has 0 saturated heterocycles. The maximum atomic E-state index is 4.49. The van der Waals surface area contributed by atoms with E-state index in [-0.39, 0.29) is 0 Å². The highest BCUT2D eigenvalue weighted by Gasteiger charge is 2.21. The van der Waals surface area contributed by atoms with Gasteiger partial charge in [0.25, 0.3) is 0 Å². The van der Waals surface area contributed by atoms with Crippen LogP contribution in [0.4, 0.5) is 0 Å². The fourth-order valence-electron chi connectivity index (χ4n) is 2.57. The van der Waals surface area contributed by atoms with Crippen LogP contribution in [0, 0.1) is 5.92 Å². The van der Waals surface area contributed by atoms with E-state index in [1.807, 2.05) is 26.1 Å². The summed E-state index contributed by atoms with van der Waals surface area (Å²) in [5, 5.41) is 0. The first-order valence-electron chi connectivity index (χ1n) is 7.18. The molecule has 0 radical (unpaired) electrons. The Morgan fingerprint density at radius 3 is 2.39 bits per heavy atom. The van der Waals surface area contributed by atoms with E-state index in [1.54, 1.807) is 0 Å². The van der Waals surface area contributed by atoms with Gasteiger partial charge in [-0.1, -0.05) is 19.1 Å². The van der Waals surface area contributed by atoms with E-state index in [0.717, 1.165) is 24.2 Å². The molecule has 18 heavy (non-hydrogen) atoms. The Balaban J connectivity index is 2.53. The highest BCUT2D eigenvalue weighted by Crippen LogP contribution is 2.26. The lowest BCUT2D eigenvalue weighted by Gasteiger charge is -2.33. The molecule has 0 bridgehead atoms. The van der Waals surface area contributed by atoms with Gasteiger partial charge in [0, 0.05) is 18.8 Å². The first-order valence-corrected chi connectivity index (χ1v) is 7.18. The molecular weight excluding hydrogens is 220 g/mol. The van der Waals surface area contributed by atoms with Gasteiger partial charge in [-0.25, -0.2) is 0 Å². The number of hydrogen-bond donors (Lipinski definition) is 0. The number of allylic oxidation sites excluding steroid dienone is 2. The van der Waals surface area contributed by atoms with Gasteiger partial charge in [0.05, 0.1) is 5.71 Å². The van der Waals surface area contributed by atoms with E-state index < -0.39 is 0 Å². The third kappa shape index (κ3) is 5.18. The summed E-state index contributed by atoms with van der Waals surface area (Å²) in [7, 11) is 2.23. The molecule has 0 N–H and O–H groups in total. The molecule has 0 aromatic rings. The lowest BCUT2D eigenvalue weighted by molar-refractivity contribution is 0.189. The number of hydrogen-bond acceptors (Lipinski definition) is 2. The molecule has 0 spiro atoms. The zero-order valence-corrected chi connectivity index (χ0v) is 12.4. The van der Waals surface area contributed by atoms with Crippen LogP contribution in [0.1, 0.15) is 46.5 Å². The van der Waals surface area contributed by atoms with Gasteiger partial charge in [0.1, 0.15) is 0 Å². The minimum Gasteiger partial charge on any atom is -0.298 e. The van der Waals surface area contributed by atoms with E-state index in [0.29, 0.717) is 0 Å². The molecule has 1 saturated carbocycles. The quantitative estimate of drug-likeness (QED) is 0.670. The lowest BCUT2D eigenvalue weighted by atomic mass is 9.87. The zero-order valence-electron chi connectivity index (χ0n) is 12.4. The van der Waals surface area contributed by atoms with E-state index in [1.165, 1.54) is 25.7 Å². The summed E-state index contributed by atoms with van der Waals surface area (Å²) in [5.41, 5.74) is 1.15. The van der Waals surface area contributed by atoms with Crippen LogP contribution in [0.25, 0.3) is 0 Å². The minimum absolute atomic E-state index is 0.738. The summed E-state index contributed by atoms with van der Waals surface area (Å²) in [6.45, 7) is 7.37. The van der Waals surface area contributed by atoms with Crippen molar-refractivity contribution in [2.24, 2.45) is 10.9 Å². The molecule has 1 rings (SSSR count). The van der Waals surface area contributed by atoms with Gasteiger partial charge in [-0.15, -0.1) is 0 Å². The second-order valence-corrected chi connectivity index (χ2v) is 5.43. The number of rotatable bonds is 5. The number of nitrogens with zero attached hydrogens (tertiary/aromatic N) is 2. The van der Waals surface area contributed by atoms with Crippen LogP contribution in [0.15, 0.2) is 29.4 Å². The van der Waals surface area contributed by atoms with Crippen molar-refractivity contribution in [1.82, 2.24) is 4.90 Å². The molecule has 1 aliphatic rings. The Kier molecular flexibility index (Phi) is 6.96. The average molecular weight is 248 g/mol. The van der Waals surface area contributed by atoms with Crippen LogP contribution >= 0.6 is 0 Å². The smallest absolute Gasteiger partial charge is 0.0540 e. The third-order valence-electron chi connectivity index (χ3n) is 3.77. The van der Waals surface area contributed by atoms with Crippen molar-refractivity contribution in [1.29, 1.82) is 0 Å². The highest BCUT2D eigenvalue weighted by molar-refractivity contribution is 5.96. The van der Waals surface area contributed by atoms with Gasteiger partial charge in [0.2, 0.25) is 0 Å². The van der Waals surface area contributed by atoms with Crippen LogP contribution in [0.2, 0.25) is 0 Å². The second-order valence-electron chi connectivity index (χ2n) is 5.43. The third-order valence-corrected chi connectivity index (χ3v) is 3.77. The van der Waals surface area contributed by atoms with Gasteiger partial charge in [0.15, 0.2) is 0 Å². The fourth-order valence-corrected chi connectivity index (χ4v) is 2.57. The Labute approximate surface area is 112 Å². The summed E-state index contributed by atoms with van der Waals surface area (Å²) in [6, 6.07) is 0.738. The predicted octanol–water partition coefficient (Wildman–Crippen LogP) is 4.05. The molecule has 2 nitrogen and oxygen atoms in total. The van der Waals surface area contributed by atoms with Crippen LogP contribution in [0.5, 0.6) is 0 Å². The summed E-state index contributed by atoms with van der Waals surface area (Å²) in [4.78, 5) is 6.96. The molecule has 0 unspecified atom stereocenters. The molecule has 1 aliphatic carbocycles. The molecule has 2 heteroatoms. The van der Waals surface area contributed by atoms with E-state index in [9.17, 15) is 0 Å². The molecule has 0 amide bonds. The minimum atomic E-state index is 0.738. The topological polar surface area (TPSA) is 15.6 Å². The SMILES string of the molecule is C\C=C/N=C(\C=C/C)CN(C)C1CCC(C)CC1. The van der Waals surface area contributed by atoms with Crippen LogP contribution in [-0.4, -0.2) is 30.2 Å². The average Bonchev–Trinajstić information content (AvgIpc) is 2.37. The number of aliphatic imine (C=N–C) groups is 1. The Morgan fingerprint density at radius 1 is 1.17 bits per heavy atom. The molecule has 0 aliphatic heterocycles. The molecular formula is C16H28N2. The molecule has 0 atom stereocenters. The Hall–Kier alpha value is -0.890. The zero-order chi connectivity index (χ0) is 13.4.